The van der Waals surface area contributed by atoms with E-state index in [-0.39, 0.29) is 5.91 Å². The van der Waals surface area contributed by atoms with E-state index in [4.69, 9.17) is 5.11 Å². The van der Waals surface area contributed by atoms with Gasteiger partial charge in [0.25, 0.3) is 5.91 Å². The summed E-state index contributed by atoms with van der Waals surface area (Å²) in [6.45, 7) is 3.66. The van der Waals surface area contributed by atoms with E-state index < -0.39 is 11.9 Å². The number of hydrogen-bond donors (Lipinski definition) is 3. The molecule has 1 unspecified atom stereocenters. The van der Waals surface area contributed by atoms with Gasteiger partial charge in [0.1, 0.15) is 0 Å². The Morgan fingerprint density at radius 3 is 2.82 bits per heavy atom. The van der Waals surface area contributed by atoms with Crippen molar-refractivity contribution in [1.29, 1.82) is 0 Å². The summed E-state index contributed by atoms with van der Waals surface area (Å²) in [6.07, 6.45) is 1.81. The first-order valence-electron chi connectivity index (χ1n) is 7.19. The number of aryl methyl sites for hydroxylation is 1. The predicted octanol–water partition coefficient (Wildman–Crippen LogP) is 2.80. The number of hydrogen-bond acceptors (Lipinski definition) is 3. The molecule has 0 radical (unpaired) electrons. The Kier molecular flexibility index (Phi) is 4.93. The highest BCUT2D eigenvalue weighted by Crippen LogP contribution is 2.20. The molecule has 0 spiro atoms. The molecule has 0 aliphatic heterocycles. The van der Waals surface area contributed by atoms with Crippen LogP contribution in [0.3, 0.4) is 0 Å². The summed E-state index contributed by atoms with van der Waals surface area (Å²) in [5.74, 6) is -1.85. The van der Waals surface area contributed by atoms with Gasteiger partial charge in [0.15, 0.2) is 5.69 Å². The van der Waals surface area contributed by atoms with Crippen LogP contribution in [-0.4, -0.2) is 27.2 Å². The summed E-state index contributed by atoms with van der Waals surface area (Å²) in [7, 11) is 0. The monoisotopic (exact) mass is 301 g/mol. The van der Waals surface area contributed by atoms with Crippen molar-refractivity contribution in [3.63, 3.8) is 0 Å². The molecule has 1 aromatic carbocycles. The minimum Gasteiger partial charge on any atom is -0.481 e. The Bertz CT molecular complexity index is 679. The van der Waals surface area contributed by atoms with Crippen molar-refractivity contribution in [2.45, 2.75) is 32.6 Å². The second-order valence-corrected chi connectivity index (χ2v) is 5.17. The summed E-state index contributed by atoms with van der Waals surface area (Å²) in [5, 5.41) is 18.6. The SMILES string of the molecule is CCCc1cc(C(=O)Nc2cccc(C(C)C(=O)O)c2)n[nH]1. The van der Waals surface area contributed by atoms with Gasteiger partial charge in [-0.15, -0.1) is 0 Å². The first-order chi connectivity index (χ1) is 10.5. The maximum atomic E-state index is 12.1. The first kappa shape index (κ1) is 15.8. The molecule has 0 aliphatic carbocycles. The third kappa shape index (κ3) is 3.72. The van der Waals surface area contributed by atoms with Gasteiger partial charge in [0, 0.05) is 11.4 Å². The lowest BCUT2D eigenvalue weighted by Crippen LogP contribution is -2.13. The summed E-state index contributed by atoms with van der Waals surface area (Å²) >= 11 is 0. The number of carbonyl (C=O) groups excluding carboxylic acids is 1. The third-order valence-electron chi connectivity index (χ3n) is 3.40. The number of carboxylic acids is 1. The molecule has 0 fully saturated rings. The topological polar surface area (TPSA) is 95.1 Å². The van der Waals surface area contributed by atoms with Gasteiger partial charge in [-0.25, -0.2) is 0 Å². The maximum absolute atomic E-state index is 12.1. The fourth-order valence-corrected chi connectivity index (χ4v) is 2.10. The fraction of sp³-hybridized carbons (Fsp3) is 0.312. The number of aliphatic carboxylic acids is 1. The van der Waals surface area contributed by atoms with Crippen LogP contribution in [-0.2, 0) is 11.2 Å². The fourth-order valence-electron chi connectivity index (χ4n) is 2.10. The molecule has 1 amide bonds. The van der Waals surface area contributed by atoms with Gasteiger partial charge in [-0.1, -0.05) is 25.5 Å². The largest absolute Gasteiger partial charge is 0.481 e. The number of carboxylic acid groups (broad SMARTS) is 1. The number of carbonyl (C=O) groups is 2. The molecule has 22 heavy (non-hydrogen) atoms. The molecule has 2 rings (SSSR count). The normalized spacial score (nSPS) is 11.9. The molecule has 0 saturated carbocycles. The van der Waals surface area contributed by atoms with E-state index in [1.165, 1.54) is 0 Å². The lowest BCUT2D eigenvalue weighted by Gasteiger charge is -2.09. The van der Waals surface area contributed by atoms with Gasteiger partial charge >= 0.3 is 5.97 Å². The highest BCUT2D eigenvalue weighted by Gasteiger charge is 2.15. The van der Waals surface area contributed by atoms with Crippen LogP contribution in [0.4, 0.5) is 5.69 Å². The lowest BCUT2D eigenvalue weighted by atomic mass is 10.0. The number of amides is 1. The van der Waals surface area contributed by atoms with Crippen LogP contribution in [0.1, 0.15) is 47.9 Å². The Balaban J connectivity index is 2.11. The van der Waals surface area contributed by atoms with Crippen LogP contribution in [0.2, 0.25) is 0 Å². The molecular weight excluding hydrogens is 282 g/mol. The number of aromatic amines is 1. The second-order valence-electron chi connectivity index (χ2n) is 5.17. The Morgan fingerprint density at radius 2 is 2.14 bits per heavy atom. The molecule has 2 aromatic rings. The van der Waals surface area contributed by atoms with Crippen molar-refractivity contribution < 1.29 is 14.7 Å². The van der Waals surface area contributed by atoms with Crippen LogP contribution >= 0.6 is 0 Å². The zero-order valence-corrected chi connectivity index (χ0v) is 12.6. The Hall–Kier alpha value is -2.63. The van der Waals surface area contributed by atoms with Crippen LogP contribution in [0.5, 0.6) is 0 Å². The molecule has 6 heteroatoms. The van der Waals surface area contributed by atoms with Crippen molar-refractivity contribution >= 4 is 17.6 Å². The Labute approximate surface area is 128 Å². The van der Waals surface area contributed by atoms with Crippen molar-refractivity contribution in [2.24, 2.45) is 0 Å². The number of rotatable bonds is 6. The van der Waals surface area contributed by atoms with Gasteiger partial charge < -0.3 is 10.4 Å². The van der Waals surface area contributed by atoms with Crippen molar-refractivity contribution in [3.05, 3.63) is 47.3 Å². The standard InChI is InChI=1S/C16H19N3O3/c1-3-5-13-9-14(19-18-13)15(20)17-12-7-4-6-11(8-12)10(2)16(21)22/h4,6-10H,3,5H2,1-2H3,(H,17,20)(H,18,19)(H,21,22). The van der Waals surface area contributed by atoms with Crippen molar-refractivity contribution in [2.75, 3.05) is 5.32 Å². The Morgan fingerprint density at radius 1 is 1.36 bits per heavy atom. The van der Waals surface area contributed by atoms with Crippen LogP contribution < -0.4 is 5.32 Å². The highest BCUT2D eigenvalue weighted by atomic mass is 16.4. The van der Waals surface area contributed by atoms with E-state index in [9.17, 15) is 9.59 Å². The van der Waals surface area contributed by atoms with E-state index in [0.29, 0.717) is 16.9 Å². The quantitative estimate of drug-likeness (QED) is 0.764. The molecule has 1 heterocycles. The van der Waals surface area contributed by atoms with E-state index in [1.54, 1.807) is 37.3 Å². The molecule has 1 atom stereocenters. The van der Waals surface area contributed by atoms with E-state index in [1.807, 2.05) is 0 Å². The summed E-state index contributed by atoms with van der Waals surface area (Å²) in [6, 6.07) is 8.55. The number of H-pyrrole nitrogens is 1. The van der Waals surface area contributed by atoms with Crippen LogP contribution in [0.15, 0.2) is 30.3 Å². The van der Waals surface area contributed by atoms with Gasteiger partial charge in [-0.3, -0.25) is 14.7 Å². The number of anilines is 1. The summed E-state index contributed by atoms with van der Waals surface area (Å²) < 4.78 is 0. The summed E-state index contributed by atoms with van der Waals surface area (Å²) in [5.41, 5.74) is 2.43. The number of aromatic nitrogens is 2. The number of nitrogens with one attached hydrogen (secondary N) is 2. The lowest BCUT2D eigenvalue weighted by molar-refractivity contribution is -0.138. The molecule has 0 saturated heterocycles. The minimum absolute atomic E-state index is 0.320. The zero-order valence-electron chi connectivity index (χ0n) is 12.6. The smallest absolute Gasteiger partial charge is 0.310 e. The van der Waals surface area contributed by atoms with Crippen molar-refractivity contribution in [1.82, 2.24) is 10.2 Å². The van der Waals surface area contributed by atoms with E-state index in [0.717, 1.165) is 18.5 Å². The molecule has 6 nitrogen and oxygen atoms in total. The van der Waals surface area contributed by atoms with Gasteiger partial charge in [-0.05, 0) is 37.1 Å². The molecule has 3 N–H and O–H groups in total. The first-order valence-corrected chi connectivity index (χ1v) is 7.19. The molecule has 0 bridgehead atoms. The van der Waals surface area contributed by atoms with Crippen LogP contribution in [0, 0.1) is 0 Å². The van der Waals surface area contributed by atoms with Gasteiger partial charge in [0.2, 0.25) is 0 Å². The van der Waals surface area contributed by atoms with Crippen molar-refractivity contribution in [3.8, 4) is 0 Å². The zero-order chi connectivity index (χ0) is 16.1. The number of benzene rings is 1. The average molecular weight is 301 g/mol. The minimum atomic E-state index is -0.903. The van der Waals surface area contributed by atoms with Crippen LogP contribution in [0.25, 0.3) is 0 Å². The third-order valence-corrected chi connectivity index (χ3v) is 3.40. The van der Waals surface area contributed by atoms with E-state index >= 15 is 0 Å². The average Bonchev–Trinajstić information content (AvgIpc) is 2.96. The summed E-state index contributed by atoms with van der Waals surface area (Å²) in [4.78, 5) is 23.2. The molecule has 1 aromatic heterocycles. The van der Waals surface area contributed by atoms with E-state index in [2.05, 4.69) is 22.4 Å². The number of nitrogens with zero attached hydrogens (tertiary/aromatic N) is 1. The highest BCUT2D eigenvalue weighted by molar-refractivity contribution is 6.03. The second kappa shape index (κ2) is 6.89. The van der Waals surface area contributed by atoms with Gasteiger partial charge in [0.05, 0.1) is 5.92 Å². The predicted molar refractivity (Wildman–Crippen MR) is 83.0 cm³/mol. The maximum Gasteiger partial charge on any atom is 0.310 e. The molecule has 116 valence electrons. The molecular formula is C16H19N3O3. The molecule has 0 aliphatic rings. The van der Waals surface area contributed by atoms with Gasteiger partial charge in [-0.2, -0.15) is 5.10 Å².